The van der Waals surface area contributed by atoms with Crippen LogP contribution in [0.25, 0.3) is 0 Å². The lowest BCUT2D eigenvalue weighted by Gasteiger charge is -2.07. The second-order valence-electron chi connectivity index (χ2n) is 3.82. The highest BCUT2D eigenvalue weighted by molar-refractivity contribution is 5.90. The minimum absolute atomic E-state index is 0.326. The van der Waals surface area contributed by atoms with Crippen molar-refractivity contribution in [3.05, 3.63) is 18.2 Å². The van der Waals surface area contributed by atoms with E-state index in [9.17, 15) is 4.79 Å². The fourth-order valence-corrected chi connectivity index (χ4v) is 1.26. The summed E-state index contributed by atoms with van der Waals surface area (Å²) < 4.78 is 1.88. The van der Waals surface area contributed by atoms with Gasteiger partial charge in [0, 0.05) is 18.8 Å². The van der Waals surface area contributed by atoms with Crippen molar-refractivity contribution in [1.82, 2.24) is 14.9 Å². The molecular formula is C10H18N4O. The highest BCUT2D eigenvalue weighted by atomic mass is 16.1. The molecule has 0 fully saturated rings. The third-order valence-electron chi connectivity index (χ3n) is 2.03. The van der Waals surface area contributed by atoms with Gasteiger partial charge in [-0.2, -0.15) is 0 Å². The third kappa shape index (κ3) is 4.12. The molecule has 0 spiro atoms. The van der Waals surface area contributed by atoms with Gasteiger partial charge in [0.2, 0.25) is 0 Å². The number of carbonyl (C=O) groups excluding carboxylic acids is 1. The molecule has 84 valence electrons. The summed E-state index contributed by atoms with van der Waals surface area (Å²) in [6.45, 7) is 6.03. The highest BCUT2D eigenvalue weighted by Crippen LogP contribution is 1.96. The first-order chi connectivity index (χ1) is 7.09. The first kappa shape index (κ1) is 11.7. The van der Waals surface area contributed by atoms with E-state index in [1.165, 1.54) is 0 Å². The number of amides is 1. The monoisotopic (exact) mass is 210 g/mol. The first-order valence-electron chi connectivity index (χ1n) is 5.14. The average molecular weight is 210 g/mol. The van der Waals surface area contributed by atoms with Crippen LogP contribution in [0, 0.1) is 0 Å². The summed E-state index contributed by atoms with van der Waals surface area (Å²) >= 11 is 0. The molecule has 15 heavy (non-hydrogen) atoms. The van der Waals surface area contributed by atoms with Crippen LogP contribution in [0.4, 0.5) is 0 Å². The van der Waals surface area contributed by atoms with Gasteiger partial charge in [-0.05, 0) is 13.0 Å². The standard InChI is InChI=1S/C10H18N4O/c1-8(2)12-4-3-5-14-6-9(10(11)15)13-7-14/h6-8,12H,3-5H2,1-2H3,(H2,11,15). The van der Waals surface area contributed by atoms with Crippen molar-refractivity contribution in [3.63, 3.8) is 0 Å². The van der Waals surface area contributed by atoms with E-state index in [0.717, 1.165) is 19.5 Å². The molecule has 1 rings (SSSR count). The summed E-state index contributed by atoms with van der Waals surface area (Å²) in [6, 6.07) is 0.508. The van der Waals surface area contributed by atoms with E-state index < -0.39 is 5.91 Å². The summed E-state index contributed by atoms with van der Waals surface area (Å²) in [5, 5.41) is 3.32. The van der Waals surface area contributed by atoms with Crippen LogP contribution in [0.5, 0.6) is 0 Å². The van der Waals surface area contributed by atoms with Crippen LogP contribution in [0.15, 0.2) is 12.5 Å². The number of aryl methyl sites for hydroxylation is 1. The molecule has 0 saturated heterocycles. The zero-order valence-electron chi connectivity index (χ0n) is 9.23. The minimum atomic E-state index is -0.478. The van der Waals surface area contributed by atoms with E-state index in [4.69, 9.17) is 5.73 Å². The van der Waals surface area contributed by atoms with Gasteiger partial charge in [-0.25, -0.2) is 4.98 Å². The molecule has 0 atom stereocenters. The van der Waals surface area contributed by atoms with Gasteiger partial charge >= 0.3 is 0 Å². The lowest BCUT2D eigenvalue weighted by molar-refractivity contribution is 0.0996. The van der Waals surface area contributed by atoms with Gasteiger partial charge in [-0.15, -0.1) is 0 Å². The fourth-order valence-electron chi connectivity index (χ4n) is 1.26. The van der Waals surface area contributed by atoms with Crippen molar-refractivity contribution in [2.75, 3.05) is 6.54 Å². The highest BCUT2D eigenvalue weighted by Gasteiger charge is 2.03. The maximum Gasteiger partial charge on any atom is 0.268 e. The van der Waals surface area contributed by atoms with Gasteiger partial charge < -0.3 is 15.6 Å². The number of nitrogens with zero attached hydrogens (tertiary/aromatic N) is 2. The Kier molecular flexibility index (Phi) is 4.30. The van der Waals surface area contributed by atoms with Gasteiger partial charge in [-0.1, -0.05) is 13.8 Å². The normalized spacial score (nSPS) is 10.9. The van der Waals surface area contributed by atoms with Crippen LogP contribution >= 0.6 is 0 Å². The van der Waals surface area contributed by atoms with Crippen LogP contribution < -0.4 is 11.1 Å². The molecule has 5 nitrogen and oxygen atoms in total. The van der Waals surface area contributed by atoms with E-state index in [1.54, 1.807) is 12.5 Å². The van der Waals surface area contributed by atoms with E-state index >= 15 is 0 Å². The predicted molar refractivity (Wildman–Crippen MR) is 58.5 cm³/mol. The summed E-state index contributed by atoms with van der Waals surface area (Å²) in [6.07, 6.45) is 4.32. The largest absolute Gasteiger partial charge is 0.364 e. The van der Waals surface area contributed by atoms with E-state index in [1.807, 2.05) is 4.57 Å². The van der Waals surface area contributed by atoms with Crippen LogP contribution in [-0.2, 0) is 6.54 Å². The SMILES string of the molecule is CC(C)NCCCn1cnc(C(N)=O)c1. The van der Waals surface area contributed by atoms with Crippen molar-refractivity contribution in [2.24, 2.45) is 5.73 Å². The summed E-state index contributed by atoms with van der Waals surface area (Å²) in [7, 11) is 0. The molecule has 0 aromatic carbocycles. The molecule has 0 saturated carbocycles. The van der Waals surface area contributed by atoms with Crippen LogP contribution in [0.1, 0.15) is 30.8 Å². The second kappa shape index (κ2) is 5.50. The van der Waals surface area contributed by atoms with Gasteiger partial charge in [0.15, 0.2) is 0 Å². The Hall–Kier alpha value is -1.36. The lowest BCUT2D eigenvalue weighted by Crippen LogP contribution is -2.24. The summed E-state index contributed by atoms with van der Waals surface area (Å²) in [4.78, 5) is 14.7. The Balaban J connectivity index is 2.29. The van der Waals surface area contributed by atoms with Gasteiger partial charge in [-0.3, -0.25) is 4.79 Å². The Morgan fingerprint density at radius 2 is 2.40 bits per heavy atom. The number of aromatic nitrogens is 2. The molecule has 0 radical (unpaired) electrons. The predicted octanol–water partition coefficient (Wildman–Crippen LogP) is 0.370. The van der Waals surface area contributed by atoms with Crippen LogP contribution in [-0.4, -0.2) is 28.0 Å². The number of nitrogens with one attached hydrogen (secondary N) is 1. The van der Waals surface area contributed by atoms with E-state index in [-0.39, 0.29) is 0 Å². The maximum atomic E-state index is 10.8. The number of primary amides is 1. The summed E-state index contributed by atoms with van der Waals surface area (Å²) in [5.41, 5.74) is 5.42. The van der Waals surface area contributed by atoms with Gasteiger partial charge in [0.25, 0.3) is 5.91 Å². The maximum absolute atomic E-state index is 10.8. The molecule has 3 N–H and O–H groups in total. The molecule has 0 aliphatic rings. The zero-order chi connectivity index (χ0) is 11.3. The topological polar surface area (TPSA) is 72.9 Å². The summed E-state index contributed by atoms with van der Waals surface area (Å²) in [5.74, 6) is -0.478. The quantitative estimate of drug-likeness (QED) is 0.666. The second-order valence-corrected chi connectivity index (χ2v) is 3.82. The number of hydrogen-bond donors (Lipinski definition) is 2. The zero-order valence-corrected chi connectivity index (χ0v) is 9.23. The number of hydrogen-bond acceptors (Lipinski definition) is 3. The van der Waals surface area contributed by atoms with Crippen LogP contribution in [0.2, 0.25) is 0 Å². The van der Waals surface area contributed by atoms with Gasteiger partial charge in [0.05, 0.1) is 6.33 Å². The van der Waals surface area contributed by atoms with Crippen molar-refractivity contribution in [2.45, 2.75) is 32.9 Å². The molecule has 1 heterocycles. The number of nitrogens with two attached hydrogens (primary N) is 1. The fraction of sp³-hybridized carbons (Fsp3) is 0.600. The first-order valence-corrected chi connectivity index (χ1v) is 5.14. The Morgan fingerprint density at radius 3 is 2.93 bits per heavy atom. The van der Waals surface area contributed by atoms with E-state index in [0.29, 0.717) is 11.7 Å². The van der Waals surface area contributed by atoms with Crippen molar-refractivity contribution in [1.29, 1.82) is 0 Å². The molecule has 1 aromatic heterocycles. The Labute approximate surface area is 89.7 Å². The molecule has 0 aliphatic carbocycles. The van der Waals surface area contributed by atoms with Crippen molar-refractivity contribution in [3.8, 4) is 0 Å². The Morgan fingerprint density at radius 1 is 1.67 bits per heavy atom. The molecule has 5 heteroatoms. The molecule has 0 unspecified atom stereocenters. The Bertz CT molecular complexity index is 319. The minimum Gasteiger partial charge on any atom is -0.364 e. The molecule has 0 bridgehead atoms. The van der Waals surface area contributed by atoms with Crippen molar-refractivity contribution < 1.29 is 4.79 Å². The molecule has 0 aliphatic heterocycles. The lowest BCUT2D eigenvalue weighted by atomic mass is 10.3. The average Bonchev–Trinajstić information content (AvgIpc) is 2.60. The molecule has 1 amide bonds. The smallest absolute Gasteiger partial charge is 0.268 e. The third-order valence-corrected chi connectivity index (χ3v) is 2.03. The van der Waals surface area contributed by atoms with Crippen LogP contribution in [0.3, 0.4) is 0 Å². The number of carbonyl (C=O) groups is 1. The van der Waals surface area contributed by atoms with E-state index in [2.05, 4.69) is 24.1 Å². The van der Waals surface area contributed by atoms with Crippen molar-refractivity contribution >= 4 is 5.91 Å². The van der Waals surface area contributed by atoms with Gasteiger partial charge in [0.1, 0.15) is 5.69 Å². The molecule has 1 aromatic rings. The number of rotatable bonds is 6. The number of imidazole rings is 1. The molecular weight excluding hydrogens is 192 g/mol.